The van der Waals surface area contributed by atoms with E-state index in [1.807, 2.05) is 0 Å². The van der Waals surface area contributed by atoms with Crippen molar-refractivity contribution in [2.24, 2.45) is 11.7 Å². The molecule has 2 heteroatoms. The average Bonchev–Trinajstić information content (AvgIpc) is 3.12. The zero-order chi connectivity index (χ0) is 11.0. The standard InChI is InChI=1S/C15H17N.ClH/c16-15(9-11-5-6-11)14-8-7-12-3-1-2-4-13(12)10-14;/h1-4,7-8,10-11,15H,5-6,9,16H2;1H/t15-;/m1./s1. The summed E-state index contributed by atoms with van der Waals surface area (Å²) in [5, 5.41) is 2.59. The van der Waals surface area contributed by atoms with Crippen LogP contribution in [0.1, 0.15) is 30.9 Å². The van der Waals surface area contributed by atoms with Crippen LogP contribution in [0.25, 0.3) is 10.8 Å². The average molecular weight is 248 g/mol. The molecule has 0 saturated heterocycles. The third kappa shape index (κ3) is 2.80. The number of benzene rings is 2. The van der Waals surface area contributed by atoms with Crippen LogP contribution in [-0.4, -0.2) is 0 Å². The van der Waals surface area contributed by atoms with E-state index in [-0.39, 0.29) is 18.4 Å². The molecule has 1 nitrogen and oxygen atoms in total. The van der Waals surface area contributed by atoms with Crippen molar-refractivity contribution in [3.05, 3.63) is 48.0 Å². The lowest BCUT2D eigenvalue weighted by molar-refractivity contribution is 0.597. The van der Waals surface area contributed by atoms with Crippen molar-refractivity contribution in [2.45, 2.75) is 25.3 Å². The Morgan fingerprint density at radius 2 is 1.76 bits per heavy atom. The van der Waals surface area contributed by atoms with Gasteiger partial charge in [-0.15, -0.1) is 12.4 Å². The van der Waals surface area contributed by atoms with Crippen molar-refractivity contribution in [3.63, 3.8) is 0 Å². The molecule has 1 aliphatic carbocycles. The molecule has 3 rings (SSSR count). The smallest absolute Gasteiger partial charge is 0.0297 e. The summed E-state index contributed by atoms with van der Waals surface area (Å²) in [6, 6.07) is 15.3. The van der Waals surface area contributed by atoms with E-state index >= 15 is 0 Å². The monoisotopic (exact) mass is 247 g/mol. The molecule has 0 amide bonds. The summed E-state index contributed by atoms with van der Waals surface area (Å²) < 4.78 is 0. The number of hydrogen-bond acceptors (Lipinski definition) is 1. The minimum atomic E-state index is 0. The van der Waals surface area contributed by atoms with Crippen molar-refractivity contribution in [1.29, 1.82) is 0 Å². The van der Waals surface area contributed by atoms with Crippen LogP contribution < -0.4 is 5.73 Å². The van der Waals surface area contributed by atoms with Crippen LogP contribution in [0.3, 0.4) is 0 Å². The lowest BCUT2D eigenvalue weighted by atomic mass is 9.99. The molecule has 17 heavy (non-hydrogen) atoms. The summed E-state index contributed by atoms with van der Waals surface area (Å²) in [6.07, 6.45) is 3.90. The molecule has 90 valence electrons. The van der Waals surface area contributed by atoms with Gasteiger partial charge in [0.2, 0.25) is 0 Å². The van der Waals surface area contributed by atoms with Crippen LogP contribution in [0.5, 0.6) is 0 Å². The number of hydrogen-bond donors (Lipinski definition) is 1. The number of fused-ring (bicyclic) bond motifs is 1. The molecule has 1 saturated carbocycles. The first-order chi connectivity index (χ1) is 7.83. The molecule has 2 aromatic rings. The highest BCUT2D eigenvalue weighted by Gasteiger charge is 2.24. The molecular formula is C15H18ClN. The molecule has 1 aliphatic rings. The predicted molar refractivity (Wildman–Crippen MR) is 75.5 cm³/mol. The quantitative estimate of drug-likeness (QED) is 0.870. The first-order valence-electron chi connectivity index (χ1n) is 6.07. The Morgan fingerprint density at radius 3 is 2.47 bits per heavy atom. The summed E-state index contributed by atoms with van der Waals surface area (Å²) in [4.78, 5) is 0. The van der Waals surface area contributed by atoms with Crippen LogP contribution in [0.4, 0.5) is 0 Å². The van der Waals surface area contributed by atoms with Gasteiger partial charge < -0.3 is 5.73 Å². The summed E-state index contributed by atoms with van der Waals surface area (Å²) in [7, 11) is 0. The second-order valence-corrected chi connectivity index (χ2v) is 4.89. The fourth-order valence-electron chi connectivity index (χ4n) is 2.29. The van der Waals surface area contributed by atoms with E-state index in [4.69, 9.17) is 5.73 Å². The first-order valence-corrected chi connectivity index (χ1v) is 6.07. The molecule has 0 bridgehead atoms. The molecule has 0 spiro atoms. The van der Waals surface area contributed by atoms with Crippen LogP contribution in [0.2, 0.25) is 0 Å². The van der Waals surface area contributed by atoms with Gasteiger partial charge in [-0.1, -0.05) is 49.2 Å². The van der Waals surface area contributed by atoms with Crippen LogP contribution >= 0.6 is 12.4 Å². The molecule has 0 unspecified atom stereocenters. The van der Waals surface area contributed by atoms with E-state index in [9.17, 15) is 0 Å². The third-order valence-electron chi connectivity index (χ3n) is 3.49. The highest BCUT2D eigenvalue weighted by molar-refractivity contribution is 5.85. The van der Waals surface area contributed by atoms with Crippen molar-refractivity contribution in [1.82, 2.24) is 0 Å². The second-order valence-electron chi connectivity index (χ2n) is 4.89. The summed E-state index contributed by atoms with van der Waals surface area (Å²) in [6.45, 7) is 0. The highest BCUT2D eigenvalue weighted by Crippen LogP contribution is 2.37. The topological polar surface area (TPSA) is 26.0 Å². The van der Waals surface area contributed by atoms with E-state index < -0.39 is 0 Å². The fraction of sp³-hybridized carbons (Fsp3) is 0.333. The maximum Gasteiger partial charge on any atom is 0.0297 e. The first kappa shape index (κ1) is 12.4. The minimum absolute atomic E-state index is 0. The number of nitrogens with two attached hydrogens (primary N) is 1. The maximum absolute atomic E-state index is 6.23. The van der Waals surface area contributed by atoms with Gasteiger partial charge in [-0.05, 0) is 34.7 Å². The lowest BCUT2D eigenvalue weighted by Crippen LogP contribution is -2.10. The predicted octanol–water partition coefficient (Wildman–Crippen LogP) is 4.06. The maximum atomic E-state index is 6.23. The second kappa shape index (κ2) is 5.07. The Hall–Kier alpha value is -1.05. The van der Waals surface area contributed by atoms with Crippen LogP contribution in [-0.2, 0) is 0 Å². The Balaban J connectivity index is 0.00000108. The summed E-state index contributed by atoms with van der Waals surface area (Å²) in [5.41, 5.74) is 7.51. The van der Waals surface area contributed by atoms with E-state index in [1.165, 1.54) is 29.2 Å². The van der Waals surface area contributed by atoms with Gasteiger partial charge in [-0.3, -0.25) is 0 Å². The summed E-state index contributed by atoms with van der Waals surface area (Å²) >= 11 is 0. The molecular weight excluding hydrogens is 230 g/mol. The van der Waals surface area contributed by atoms with Gasteiger partial charge in [-0.2, -0.15) is 0 Å². The third-order valence-corrected chi connectivity index (χ3v) is 3.49. The van der Waals surface area contributed by atoms with E-state index in [0.717, 1.165) is 12.3 Å². The van der Waals surface area contributed by atoms with E-state index in [1.54, 1.807) is 0 Å². The zero-order valence-electron chi connectivity index (χ0n) is 9.80. The number of halogens is 1. The molecule has 0 heterocycles. The highest BCUT2D eigenvalue weighted by atomic mass is 35.5. The molecule has 0 aliphatic heterocycles. The molecule has 2 N–H and O–H groups in total. The van der Waals surface area contributed by atoms with Gasteiger partial charge in [0.1, 0.15) is 0 Å². The van der Waals surface area contributed by atoms with Gasteiger partial charge in [0.25, 0.3) is 0 Å². The largest absolute Gasteiger partial charge is 0.324 e. The molecule has 1 fully saturated rings. The van der Waals surface area contributed by atoms with Crippen LogP contribution in [0.15, 0.2) is 42.5 Å². The minimum Gasteiger partial charge on any atom is -0.324 e. The molecule has 1 atom stereocenters. The fourth-order valence-corrected chi connectivity index (χ4v) is 2.29. The SMILES string of the molecule is Cl.N[C@H](CC1CC1)c1ccc2ccccc2c1. The molecule has 0 aromatic heterocycles. The zero-order valence-corrected chi connectivity index (χ0v) is 10.6. The van der Waals surface area contributed by atoms with Gasteiger partial charge >= 0.3 is 0 Å². The Morgan fingerprint density at radius 1 is 1.06 bits per heavy atom. The lowest BCUT2D eigenvalue weighted by Gasteiger charge is -2.12. The Kier molecular flexibility index (Phi) is 3.70. The Labute approximate surface area is 108 Å². The van der Waals surface area contributed by atoms with Gasteiger partial charge in [0.05, 0.1) is 0 Å². The Bertz CT molecular complexity index is 505. The number of rotatable bonds is 3. The van der Waals surface area contributed by atoms with Gasteiger partial charge in [0, 0.05) is 6.04 Å². The van der Waals surface area contributed by atoms with Gasteiger partial charge in [0.15, 0.2) is 0 Å². The summed E-state index contributed by atoms with van der Waals surface area (Å²) in [5.74, 6) is 0.890. The van der Waals surface area contributed by atoms with Crippen LogP contribution in [0, 0.1) is 5.92 Å². The molecule has 2 aromatic carbocycles. The van der Waals surface area contributed by atoms with Crippen molar-refractivity contribution < 1.29 is 0 Å². The van der Waals surface area contributed by atoms with Gasteiger partial charge in [-0.25, -0.2) is 0 Å². The molecule has 0 radical (unpaired) electrons. The van der Waals surface area contributed by atoms with Crippen molar-refractivity contribution in [2.75, 3.05) is 0 Å². The van der Waals surface area contributed by atoms with E-state index in [0.29, 0.717) is 0 Å². The van der Waals surface area contributed by atoms with E-state index in [2.05, 4.69) is 42.5 Å². The van der Waals surface area contributed by atoms with Crippen molar-refractivity contribution >= 4 is 23.2 Å². The normalized spacial score (nSPS) is 16.5. The van der Waals surface area contributed by atoms with Crippen molar-refractivity contribution in [3.8, 4) is 0 Å².